The molecule has 1 fully saturated rings. The summed E-state index contributed by atoms with van der Waals surface area (Å²) < 4.78 is 0. The van der Waals surface area contributed by atoms with Gasteiger partial charge in [0, 0.05) is 19.6 Å². The molecular formula is C16H21ClN4O3. The molecule has 0 aromatic heterocycles. The van der Waals surface area contributed by atoms with Crippen molar-refractivity contribution in [2.24, 2.45) is 0 Å². The van der Waals surface area contributed by atoms with Gasteiger partial charge in [-0.2, -0.15) is 0 Å². The maximum Gasteiger partial charge on any atom is 0.325 e. The monoisotopic (exact) mass is 352 g/mol. The number of urea groups is 1. The zero-order valence-corrected chi connectivity index (χ0v) is 14.5. The van der Waals surface area contributed by atoms with Crippen LogP contribution in [0.25, 0.3) is 0 Å². The number of nitrogens with zero attached hydrogens (tertiary/aromatic N) is 1. The summed E-state index contributed by atoms with van der Waals surface area (Å²) in [5.41, 5.74) is 2.55. The van der Waals surface area contributed by atoms with Crippen LogP contribution in [0.1, 0.15) is 30.5 Å². The van der Waals surface area contributed by atoms with Gasteiger partial charge in [-0.25, -0.2) is 4.79 Å². The van der Waals surface area contributed by atoms with Crippen molar-refractivity contribution >= 4 is 30.3 Å². The topological polar surface area (TPSA) is 90.5 Å². The summed E-state index contributed by atoms with van der Waals surface area (Å²) in [6.07, 6.45) is 0. The Bertz CT molecular complexity index is 690. The number of carbonyl (C=O) groups is 3. The lowest BCUT2D eigenvalue weighted by molar-refractivity contribution is -0.127. The largest absolute Gasteiger partial charge is 0.350 e. The Morgan fingerprint density at radius 3 is 2.62 bits per heavy atom. The molecule has 0 spiro atoms. The number of rotatable bonds is 4. The number of hydrogen-bond acceptors (Lipinski definition) is 4. The van der Waals surface area contributed by atoms with Crippen LogP contribution in [-0.4, -0.2) is 34.8 Å². The van der Waals surface area contributed by atoms with Gasteiger partial charge in [-0.1, -0.05) is 18.2 Å². The molecule has 2 heterocycles. The van der Waals surface area contributed by atoms with Crippen LogP contribution in [-0.2, 0) is 29.2 Å². The highest BCUT2D eigenvalue weighted by Crippen LogP contribution is 2.20. The Kier molecular flexibility index (Phi) is 5.15. The van der Waals surface area contributed by atoms with Crippen LogP contribution in [0.15, 0.2) is 18.2 Å². The predicted molar refractivity (Wildman–Crippen MR) is 90.4 cm³/mol. The van der Waals surface area contributed by atoms with Crippen LogP contribution in [0.3, 0.4) is 0 Å². The lowest BCUT2D eigenvalue weighted by atomic mass is 10.0. The first-order valence-electron chi connectivity index (χ1n) is 7.59. The van der Waals surface area contributed by atoms with E-state index in [0.29, 0.717) is 6.54 Å². The second kappa shape index (κ2) is 6.78. The number of carbonyl (C=O) groups excluding carboxylic acids is 3. The van der Waals surface area contributed by atoms with E-state index in [1.165, 1.54) is 16.0 Å². The zero-order chi connectivity index (χ0) is 16.6. The minimum atomic E-state index is -1.01. The first kappa shape index (κ1) is 18.2. The van der Waals surface area contributed by atoms with Crippen LogP contribution in [0, 0.1) is 0 Å². The van der Waals surface area contributed by atoms with Gasteiger partial charge in [0.1, 0.15) is 12.1 Å². The third kappa shape index (κ3) is 3.37. The van der Waals surface area contributed by atoms with Crippen molar-refractivity contribution < 1.29 is 14.4 Å². The van der Waals surface area contributed by atoms with Gasteiger partial charge in [-0.3, -0.25) is 14.9 Å². The molecule has 0 bridgehead atoms. The molecule has 2 aliphatic heterocycles. The summed E-state index contributed by atoms with van der Waals surface area (Å²) in [4.78, 5) is 36.8. The molecule has 7 nitrogen and oxygen atoms in total. The Balaban J connectivity index is 0.00000208. The first-order chi connectivity index (χ1) is 10.9. The van der Waals surface area contributed by atoms with E-state index in [-0.39, 0.29) is 30.8 Å². The van der Waals surface area contributed by atoms with Crippen molar-refractivity contribution in [3.05, 3.63) is 34.9 Å². The molecule has 0 radical (unpaired) electrons. The van der Waals surface area contributed by atoms with Gasteiger partial charge in [0.25, 0.3) is 5.91 Å². The molecule has 1 saturated heterocycles. The Labute approximate surface area is 146 Å². The molecule has 8 heteroatoms. The highest BCUT2D eigenvalue weighted by molar-refractivity contribution is 6.07. The maximum atomic E-state index is 12.1. The molecule has 2 aliphatic rings. The first-order valence-corrected chi connectivity index (χ1v) is 7.59. The SMILES string of the molecule is CC1(C)C(=O)NC(=O)N1CC(=O)NCc1ccc2c(c1)CNC2.Cl. The fourth-order valence-electron chi connectivity index (χ4n) is 2.82. The normalized spacial score (nSPS) is 18.0. The zero-order valence-electron chi connectivity index (χ0n) is 13.6. The van der Waals surface area contributed by atoms with Crippen molar-refractivity contribution in [2.45, 2.75) is 39.0 Å². The summed E-state index contributed by atoms with van der Waals surface area (Å²) in [7, 11) is 0. The second-order valence-electron chi connectivity index (χ2n) is 6.39. The van der Waals surface area contributed by atoms with Crippen LogP contribution < -0.4 is 16.0 Å². The molecule has 3 N–H and O–H groups in total. The van der Waals surface area contributed by atoms with E-state index < -0.39 is 11.6 Å². The van der Waals surface area contributed by atoms with Crippen LogP contribution in [0.5, 0.6) is 0 Å². The average Bonchev–Trinajstić information content (AvgIpc) is 3.03. The van der Waals surface area contributed by atoms with Crippen LogP contribution in [0.4, 0.5) is 4.79 Å². The second-order valence-corrected chi connectivity index (χ2v) is 6.39. The third-order valence-corrected chi connectivity index (χ3v) is 4.39. The van der Waals surface area contributed by atoms with Gasteiger partial charge in [0.05, 0.1) is 0 Å². The minimum absolute atomic E-state index is 0. The van der Waals surface area contributed by atoms with Gasteiger partial charge in [-0.15, -0.1) is 12.4 Å². The van der Waals surface area contributed by atoms with Crippen LogP contribution >= 0.6 is 12.4 Å². The standard InChI is InChI=1S/C16H20N4O3.ClH/c1-16(2)14(22)19-15(23)20(16)9-13(21)18-6-10-3-4-11-7-17-8-12(11)5-10;/h3-5,17H,6-9H2,1-2H3,(H,18,21)(H,19,22,23);1H. The highest BCUT2D eigenvalue weighted by Gasteiger charge is 2.46. The summed E-state index contributed by atoms with van der Waals surface area (Å²) >= 11 is 0. The lowest BCUT2D eigenvalue weighted by Gasteiger charge is -2.27. The average molecular weight is 353 g/mol. The van der Waals surface area contributed by atoms with E-state index >= 15 is 0 Å². The molecule has 1 aromatic carbocycles. The number of imide groups is 1. The van der Waals surface area contributed by atoms with E-state index in [0.717, 1.165) is 18.7 Å². The smallest absolute Gasteiger partial charge is 0.325 e. The summed E-state index contributed by atoms with van der Waals surface area (Å²) in [5, 5.41) is 8.30. The lowest BCUT2D eigenvalue weighted by Crippen LogP contribution is -2.48. The summed E-state index contributed by atoms with van der Waals surface area (Å²) in [5.74, 6) is -0.678. The van der Waals surface area contributed by atoms with Crippen molar-refractivity contribution in [3.8, 4) is 0 Å². The number of amides is 4. The molecule has 0 saturated carbocycles. The van der Waals surface area contributed by atoms with Gasteiger partial charge in [-0.05, 0) is 30.5 Å². The highest BCUT2D eigenvalue weighted by atomic mass is 35.5. The van der Waals surface area contributed by atoms with Crippen molar-refractivity contribution in [2.75, 3.05) is 6.54 Å². The predicted octanol–water partition coefficient (Wildman–Crippen LogP) is 0.658. The number of nitrogens with one attached hydrogen (secondary N) is 3. The summed E-state index contributed by atoms with van der Waals surface area (Å²) in [6, 6.07) is 5.60. The molecule has 24 heavy (non-hydrogen) atoms. The van der Waals surface area contributed by atoms with Crippen molar-refractivity contribution in [1.82, 2.24) is 20.9 Å². The van der Waals surface area contributed by atoms with E-state index in [2.05, 4.69) is 28.1 Å². The number of benzene rings is 1. The Hall–Kier alpha value is -2.12. The number of fused-ring (bicyclic) bond motifs is 1. The van der Waals surface area contributed by atoms with E-state index in [1.807, 2.05) is 6.07 Å². The van der Waals surface area contributed by atoms with Gasteiger partial charge in [0.2, 0.25) is 5.91 Å². The molecule has 4 amide bonds. The molecule has 0 unspecified atom stereocenters. The van der Waals surface area contributed by atoms with Crippen molar-refractivity contribution in [3.63, 3.8) is 0 Å². The molecule has 3 rings (SSSR count). The minimum Gasteiger partial charge on any atom is -0.350 e. The third-order valence-electron chi connectivity index (χ3n) is 4.39. The molecule has 0 aliphatic carbocycles. The van der Waals surface area contributed by atoms with Gasteiger partial charge < -0.3 is 15.5 Å². The molecule has 130 valence electrons. The van der Waals surface area contributed by atoms with Gasteiger partial charge >= 0.3 is 6.03 Å². The fraction of sp³-hybridized carbons (Fsp3) is 0.438. The molecule has 0 atom stereocenters. The van der Waals surface area contributed by atoms with E-state index in [9.17, 15) is 14.4 Å². The quantitative estimate of drug-likeness (QED) is 0.694. The van der Waals surface area contributed by atoms with E-state index in [1.54, 1.807) is 13.8 Å². The number of hydrogen-bond donors (Lipinski definition) is 3. The van der Waals surface area contributed by atoms with E-state index in [4.69, 9.17) is 0 Å². The van der Waals surface area contributed by atoms with Crippen LogP contribution in [0.2, 0.25) is 0 Å². The molecular weight excluding hydrogens is 332 g/mol. The molecule has 1 aromatic rings. The Morgan fingerprint density at radius 2 is 1.96 bits per heavy atom. The Morgan fingerprint density at radius 1 is 1.25 bits per heavy atom. The maximum absolute atomic E-state index is 12.1. The fourth-order valence-corrected chi connectivity index (χ4v) is 2.82. The van der Waals surface area contributed by atoms with Crippen molar-refractivity contribution in [1.29, 1.82) is 0 Å². The van der Waals surface area contributed by atoms with Gasteiger partial charge in [0.15, 0.2) is 0 Å². The number of halogens is 1. The summed E-state index contributed by atoms with van der Waals surface area (Å²) in [6.45, 7) is 5.23.